The molecule has 23 nitrogen and oxygen atoms in total. The first-order valence-electron chi connectivity index (χ1n) is 25.9. The van der Waals surface area contributed by atoms with Gasteiger partial charge in [-0.15, -0.1) is 0 Å². The number of nitrogens with two attached hydrogens (primary N) is 2. The first-order chi connectivity index (χ1) is 38.9. The highest BCUT2D eigenvalue weighted by molar-refractivity contribution is 6.05. The molecule has 27 heteroatoms. The zero-order chi connectivity index (χ0) is 57.6. The first kappa shape index (κ1) is 66.1. The number of hydroxylamine groups is 2. The number of amidine groups is 1. The van der Waals surface area contributed by atoms with Crippen LogP contribution < -0.4 is 21.5 Å². The van der Waals surface area contributed by atoms with Gasteiger partial charge >= 0.3 is 5.97 Å². The number of nitrogens with one attached hydrogen (secondary N) is 2. The van der Waals surface area contributed by atoms with Crippen LogP contribution in [0.4, 0.5) is 23.2 Å². The van der Waals surface area contributed by atoms with E-state index in [1.807, 2.05) is 25.1 Å². The van der Waals surface area contributed by atoms with Crippen molar-refractivity contribution in [2.24, 2.45) is 16.5 Å². The number of aliphatic imine (C=N–C) groups is 1. The molecular weight excluding hydrogens is 1060 g/mol. The molecule has 6 N–H and O–H groups in total. The van der Waals surface area contributed by atoms with Gasteiger partial charge in [-0.2, -0.15) is 8.78 Å². The van der Waals surface area contributed by atoms with Crippen LogP contribution in [0.1, 0.15) is 44.0 Å². The Labute approximate surface area is 461 Å². The maximum atomic E-state index is 13.6. The van der Waals surface area contributed by atoms with Crippen molar-refractivity contribution in [3.63, 3.8) is 0 Å². The third kappa shape index (κ3) is 26.7. The standard InChI is InChI=1S/C53H72F4N8O15/c1-2-9-65(79-37-42(59)5-8-58)53(68)40-30-39-4-3-38(31-45(39)64-46(60)32-40)41-34-61-47(62-35-41)36-63-48(66)6-10-69-12-14-71-16-18-73-20-22-75-24-26-77-28-29-78-27-25-76-23-21-74-19-17-72-15-13-70-11-7-49(67)80-52-50(56)43(54)33-44(55)51(52)57/h3-5,8,30-31,33-35,58H,2,6-7,9-29,32,36-37,59H2,1H3,(H2,60,64)(H,63,66)/b42-5-,58-8?. The molecule has 2 heterocycles. The highest BCUT2D eigenvalue weighted by atomic mass is 19.2. The van der Waals surface area contributed by atoms with Gasteiger partial charge in [0.1, 0.15) is 18.3 Å². The SMILES string of the molecule is CCCN(OC/C(N)=C/C=N)C(=O)C1=Cc2ccc(-c3cnc(CNC(=O)CCOCCOCCOCCOCCOCCOCCOCCOCCOCCOCCC(=O)Oc4c(F)c(F)cc(F)c4F)nc3)cc2N=C(N)C1. The van der Waals surface area contributed by atoms with E-state index in [4.69, 9.17) is 69.1 Å². The molecule has 4 rings (SSSR count). The van der Waals surface area contributed by atoms with E-state index in [1.165, 1.54) is 11.1 Å². The second-order valence-electron chi connectivity index (χ2n) is 16.9. The minimum Gasteiger partial charge on any atom is -0.420 e. The van der Waals surface area contributed by atoms with Crippen LogP contribution in [0.5, 0.6) is 5.75 Å². The fourth-order valence-corrected chi connectivity index (χ4v) is 6.67. The highest BCUT2D eigenvalue weighted by Gasteiger charge is 2.24. The third-order valence-corrected chi connectivity index (χ3v) is 10.6. The lowest BCUT2D eigenvalue weighted by atomic mass is 10.0. The Bertz CT molecular complexity index is 2420. The van der Waals surface area contributed by atoms with Gasteiger partial charge in [0.25, 0.3) is 5.91 Å². The van der Waals surface area contributed by atoms with Gasteiger partial charge in [-0.1, -0.05) is 19.1 Å². The maximum absolute atomic E-state index is 13.6. The number of rotatable bonds is 44. The Hall–Kier alpha value is -6.37. The van der Waals surface area contributed by atoms with E-state index in [1.54, 1.807) is 18.5 Å². The van der Waals surface area contributed by atoms with Gasteiger partial charge in [0, 0.05) is 66.5 Å². The molecule has 0 fully saturated rings. The average Bonchev–Trinajstić information content (AvgIpc) is 3.63. The number of hydrogen-bond donors (Lipinski definition) is 4. The fourth-order valence-electron chi connectivity index (χ4n) is 6.67. The van der Waals surface area contributed by atoms with Crippen LogP contribution in [0.15, 0.2) is 59.0 Å². The number of carbonyl (C=O) groups excluding carboxylic acids is 3. The van der Waals surface area contributed by atoms with Gasteiger partial charge in [-0.25, -0.2) is 28.8 Å². The number of nitrogens with zero attached hydrogens (tertiary/aromatic N) is 4. The molecule has 1 aromatic heterocycles. The molecule has 0 radical (unpaired) electrons. The van der Waals surface area contributed by atoms with Crippen molar-refractivity contribution in [2.45, 2.75) is 39.2 Å². The number of fused-ring (bicyclic) bond motifs is 1. The van der Waals surface area contributed by atoms with Crippen molar-refractivity contribution < 1.29 is 88.9 Å². The summed E-state index contributed by atoms with van der Waals surface area (Å²) < 4.78 is 112. The summed E-state index contributed by atoms with van der Waals surface area (Å²) in [5.41, 5.74) is 15.6. The normalized spacial score (nSPS) is 12.4. The number of hydrogen-bond acceptors (Lipinski definition) is 21. The Morgan fingerprint density at radius 1 is 0.675 bits per heavy atom. The van der Waals surface area contributed by atoms with Crippen LogP contribution in [0.25, 0.3) is 17.2 Å². The van der Waals surface area contributed by atoms with Crippen molar-refractivity contribution in [1.29, 1.82) is 5.41 Å². The van der Waals surface area contributed by atoms with Gasteiger partial charge in [-0.05, 0) is 30.2 Å². The molecule has 0 aliphatic carbocycles. The molecule has 2 aromatic carbocycles. The van der Waals surface area contributed by atoms with Crippen molar-refractivity contribution >= 4 is 41.6 Å². The number of ether oxygens (including phenoxy) is 11. The Morgan fingerprint density at radius 3 is 1.62 bits per heavy atom. The van der Waals surface area contributed by atoms with E-state index in [0.717, 1.165) is 17.3 Å². The quantitative estimate of drug-likeness (QED) is 0.0117. The van der Waals surface area contributed by atoms with E-state index in [2.05, 4.69) is 25.0 Å². The van der Waals surface area contributed by atoms with Crippen molar-refractivity contribution in [3.8, 4) is 16.9 Å². The van der Waals surface area contributed by atoms with Gasteiger partial charge < -0.3 is 74.3 Å². The fraction of sp³-hybridized carbons (Fsp3) is 0.528. The summed E-state index contributed by atoms with van der Waals surface area (Å²) in [6.07, 6.45) is 8.03. The predicted molar refractivity (Wildman–Crippen MR) is 282 cm³/mol. The van der Waals surface area contributed by atoms with Crippen LogP contribution in [-0.4, -0.2) is 190 Å². The topological polar surface area (TPSA) is 291 Å². The van der Waals surface area contributed by atoms with Gasteiger partial charge in [0.05, 0.1) is 151 Å². The number of amides is 2. The summed E-state index contributed by atoms with van der Waals surface area (Å²) in [7, 11) is 0. The zero-order valence-electron chi connectivity index (χ0n) is 44.9. The lowest BCUT2D eigenvalue weighted by Gasteiger charge is -2.22. The zero-order valence-corrected chi connectivity index (χ0v) is 44.9. The minimum absolute atomic E-state index is 0.0123. The summed E-state index contributed by atoms with van der Waals surface area (Å²) in [6, 6.07) is 5.57. The van der Waals surface area contributed by atoms with Crippen LogP contribution in [0, 0.1) is 28.7 Å². The van der Waals surface area contributed by atoms with Crippen molar-refractivity contribution in [2.75, 3.05) is 145 Å². The van der Waals surface area contributed by atoms with Crippen molar-refractivity contribution in [3.05, 3.63) is 88.7 Å². The van der Waals surface area contributed by atoms with E-state index in [9.17, 15) is 31.9 Å². The Morgan fingerprint density at radius 2 is 1.15 bits per heavy atom. The molecule has 0 unspecified atom stereocenters. The molecular formula is C53H72F4N8O15. The summed E-state index contributed by atoms with van der Waals surface area (Å²) in [6.45, 7) is 8.71. The molecule has 3 aromatic rings. The molecule has 0 saturated heterocycles. The number of allylic oxidation sites excluding steroid dienone is 1. The largest absolute Gasteiger partial charge is 0.420 e. The van der Waals surface area contributed by atoms with Crippen LogP contribution >= 0.6 is 0 Å². The molecule has 0 bridgehead atoms. The molecule has 442 valence electrons. The monoisotopic (exact) mass is 1140 g/mol. The van der Waals surface area contributed by atoms with Crippen LogP contribution in [0.2, 0.25) is 0 Å². The molecule has 0 spiro atoms. The van der Waals surface area contributed by atoms with Crippen LogP contribution in [-0.2, 0) is 73.1 Å². The number of esters is 1. The van der Waals surface area contributed by atoms with Gasteiger partial charge in [-0.3, -0.25) is 19.2 Å². The minimum atomic E-state index is -1.80. The molecule has 80 heavy (non-hydrogen) atoms. The molecule has 0 saturated carbocycles. The lowest BCUT2D eigenvalue weighted by Crippen LogP contribution is -2.35. The molecule has 1 aliphatic rings. The summed E-state index contributed by atoms with van der Waals surface area (Å²) in [5, 5.41) is 11.2. The van der Waals surface area contributed by atoms with Gasteiger partial charge in [0.15, 0.2) is 11.6 Å². The molecule has 1 aliphatic heterocycles. The molecule has 2 amide bonds. The van der Waals surface area contributed by atoms with E-state index < -0.39 is 41.4 Å². The van der Waals surface area contributed by atoms with E-state index >= 15 is 0 Å². The Kier molecular flexibility index (Phi) is 33.0. The first-order valence-corrected chi connectivity index (χ1v) is 25.9. The van der Waals surface area contributed by atoms with Crippen molar-refractivity contribution in [1.82, 2.24) is 20.3 Å². The average molecular weight is 1140 g/mol. The lowest BCUT2D eigenvalue weighted by molar-refractivity contribution is -0.178. The maximum Gasteiger partial charge on any atom is 0.313 e. The summed E-state index contributed by atoms with van der Waals surface area (Å²) in [5.74, 6) is -9.42. The van der Waals surface area contributed by atoms with E-state index in [0.29, 0.717) is 140 Å². The smallest absolute Gasteiger partial charge is 0.313 e. The predicted octanol–water partition coefficient (Wildman–Crippen LogP) is 4.31. The second-order valence-corrected chi connectivity index (χ2v) is 16.9. The summed E-state index contributed by atoms with van der Waals surface area (Å²) in [4.78, 5) is 56.6. The number of aromatic nitrogens is 2. The highest BCUT2D eigenvalue weighted by Crippen LogP contribution is 2.32. The number of benzene rings is 2. The number of carbonyl (C=O) groups is 3. The van der Waals surface area contributed by atoms with E-state index in [-0.39, 0.29) is 82.7 Å². The Balaban J connectivity index is 0.877. The van der Waals surface area contributed by atoms with Gasteiger partial charge in [0.2, 0.25) is 23.3 Å². The molecule has 0 atom stereocenters. The third-order valence-electron chi connectivity index (χ3n) is 10.6. The number of halogens is 4. The second kappa shape index (κ2) is 39.9. The summed E-state index contributed by atoms with van der Waals surface area (Å²) >= 11 is 0. The van der Waals surface area contributed by atoms with Crippen LogP contribution in [0.3, 0.4) is 0 Å².